The zero-order valence-electron chi connectivity index (χ0n) is 46.6. The minimum absolute atomic E-state index is 0.0149. The highest BCUT2D eigenvalue weighted by Crippen LogP contribution is 2.67. The van der Waals surface area contributed by atoms with Crippen LogP contribution in [0.25, 0.3) is 0 Å². The second-order valence-corrected chi connectivity index (χ2v) is 23.9. The number of carbonyl (C=O) groups excluding carboxylic acids is 8. The highest BCUT2D eigenvalue weighted by atomic mass is 32.1. The summed E-state index contributed by atoms with van der Waals surface area (Å²) in [4.78, 5) is 120. The second-order valence-electron chi connectivity index (χ2n) is 23.0. The summed E-state index contributed by atoms with van der Waals surface area (Å²) in [5, 5.41) is 37.7. The van der Waals surface area contributed by atoms with Crippen LogP contribution >= 0.6 is 10.9 Å². The Bertz CT molecular complexity index is 2550. The number of rotatable bonds is 28. The molecule has 5 aliphatic rings. The molecule has 0 bridgehead atoms. The zero-order valence-corrected chi connectivity index (χ0v) is 47.4. The molecule has 1 aromatic rings. The maximum absolute atomic E-state index is 14.3. The van der Waals surface area contributed by atoms with Crippen LogP contribution in [0.15, 0.2) is 54.1 Å². The van der Waals surface area contributed by atoms with Gasteiger partial charge in [-0.2, -0.15) is 0 Å². The minimum atomic E-state index is -1.26. The van der Waals surface area contributed by atoms with Gasteiger partial charge in [0.15, 0.2) is 18.2 Å². The standard InChI is InChI=1S/C58H83N7O13S/c1-7-11-47(69)60-22-19-43(53(74)61-31-49(71)64-44(28-36-12-9-8-10-13-36)54-62-38(33-79-54)26-34(2)3)63-48(70)20-23-65(24-25-77-55(75)42(59)16-17-50(72)73)56(76)78-32-46(68)51-35(4)27-41-40-15-14-37-29-39(66)18-21-57(37,5)52(40)45(67)30-58(41,51)6/h8-10,12-13,18,21,29,33-35,38,40-45,51-52,62,67H,7,11,14-17,19-20,22-28,30-32,59H2,1-6H3,(H,60,69)(H,61,74)(H,63,70)(H,64,71)(H,72,73)/t35-,38+,40?,41?,42+,43?,44?,45?,51?,52?,57?,58?/m1/s1. The fourth-order valence-corrected chi connectivity index (χ4v) is 14.0. The second kappa shape index (κ2) is 28.4. The van der Waals surface area contributed by atoms with Crippen molar-refractivity contribution >= 4 is 74.5 Å². The highest BCUT2D eigenvalue weighted by molar-refractivity contribution is 7.97. The van der Waals surface area contributed by atoms with E-state index in [9.17, 15) is 48.3 Å². The molecule has 3 saturated carbocycles. The summed E-state index contributed by atoms with van der Waals surface area (Å²) >= 11 is 0. The average molecular weight is 1120 g/mol. The molecule has 9 unspecified atom stereocenters. The summed E-state index contributed by atoms with van der Waals surface area (Å²) in [6.07, 6.45) is 7.25. The predicted octanol–water partition coefficient (Wildman–Crippen LogP) is 3.58. The van der Waals surface area contributed by atoms with E-state index in [1.54, 1.807) is 12.2 Å². The first-order chi connectivity index (χ1) is 37.5. The Kier molecular flexibility index (Phi) is 22.4. The molecule has 20 nitrogen and oxygen atoms in total. The molecule has 12 atom stereocenters. The molecule has 1 aromatic carbocycles. The molecule has 6 rings (SSSR count). The number of fused-ring (bicyclic) bond motifs is 5. The molecule has 3 fully saturated rings. The highest BCUT2D eigenvalue weighted by Gasteiger charge is 2.64. The van der Waals surface area contributed by atoms with Crippen molar-refractivity contribution in [2.45, 2.75) is 149 Å². The number of carbonyl (C=O) groups is 9. The number of benzene rings is 1. The molecule has 79 heavy (non-hydrogen) atoms. The van der Waals surface area contributed by atoms with E-state index in [-0.39, 0.29) is 92.5 Å². The van der Waals surface area contributed by atoms with Crippen LogP contribution in [0, 0.1) is 46.3 Å². The maximum atomic E-state index is 14.3. The van der Waals surface area contributed by atoms with E-state index in [1.165, 1.54) is 10.9 Å². The van der Waals surface area contributed by atoms with Crippen LogP contribution in [0.2, 0.25) is 0 Å². The molecule has 434 valence electrons. The molecule has 0 radical (unpaired) electrons. The number of nitrogens with zero attached hydrogens (tertiary/aromatic N) is 1. The normalized spacial score (nSPS) is 26.8. The van der Waals surface area contributed by atoms with E-state index in [0.29, 0.717) is 31.6 Å². The van der Waals surface area contributed by atoms with Crippen LogP contribution in [0.5, 0.6) is 0 Å². The van der Waals surface area contributed by atoms with E-state index < -0.39 is 103 Å². The molecule has 0 aromatic heterocycles. The van der Waals surface area contributed by atoms with Gasteiger partial charge in [0.25, 0.3) is 0 Å². The third-order valence-electron chi connectivity index (χ3n) is 16.6. The lowest BCUT2D eigenvalue weighted by molar-refractivity contribution is -0.146. The average Bonchev–Trinajstić information content (AvgIpc) is 3.25. The lowest BCUT2D eigenvalue weighted by Gasteiger charge is -2.58. The maximum Gasteiger partial charge on any atom is 0.410 e. The number of aliphatic carboxylic acids is 1. The summed E-state index contributed by atoms with van der Waals surface area (Å²) in [5.41, 5.74) is 6.78. The minimum Gasteiger partial charge on any atom is -0.481 e. The van der Waals surface area contributed by atoms with E-state index >= 15 is 0 Å². The SMILES string of the molecule is CCCC(=O)NCCC(NC(=O)CCN(CCOC(=O)[C@@H](N)CCC(=O)O)C(=O)OCC(=O)C1[C@H](C)CC2C3CCC4=CC(=O)C=CC4(C)C3C(O)CC21C)C(=O)NCC(=O)NC(Cc1ccccc1)C1=S=C[C@H](CC(C)C)N1. The smallest absolute Gasteiger partial charge is 0.410 e. The summed E-state index contributed by atoms with van der Waals surface area (Å²) < 4.78 is 11.0. The first-order valence-corrected chi connectivity index (χ1v) is 28.9. The van der Waals surface area contributed by atoms with Crippen molar-refractivity contribution in [3.63, 3.8) is 0 Å². The quantitative estimate of drug-likeness (QED) is 0.0440. The number of nitrogens with two attached hydrogens (primary N) is 1. The Morgan fingerprint density at radius 2 is 1.70 bits per heavy atom. The summed E-state index contributed by atoms with van der Waals surface area (Å²) in [6.45, 7) is 10.1. The topological polar surface area (TPSA) is 302 Å². The third kappa shape index (κ3) is 16.5. The number of allylic oxidation sites excluding steroid dienone is 4. The van der Waals surface area contributed by atoms with Crippen LogP contribution in [-0.2, 0) is 54.3 Å². The Morgan fingerprint density at radius 1 is 0.949 bits per heavy atom. The van der Waals surface area contributed by atoms with Crippen LogP contribution < -0.4 is 32.3 Å². The largest absolute Gasteiger partial charge is 0.481 e. The molecule has 21 heteroatoms. The summed E-state index contributed by atoms with van der Waals surface area (Å²) in [6, 6.07) is 6.91. The van der Waals surface area contributed by atoms with Crippen molar-refractivity contribution in [1.82, 2.24) is 31.5 Å². The summed E-state index contributed by atoms with van der Waals surface area (Å²) in [5.74, 6) is -4.71. The van der Waals surface area contributed by atoms with Crippen LogP contribution in [0.4, 0.5) is 4.79 Å². The number of hydrogen-bond donors (Lipinski definition) is 8. The number of ketones is 2. The van der Waals surface area contributed by atoms with E-state index in [1.807, 2.05) is 57.2 Å². The van der Waals surface area contributed by atoms with Gasteiger partial charge >= 0.3 is 18.0 Å². The molecule has 5 amide bonds. The number of carboxylic acid groups (broad SMARTS) is 1. The number of esters is 1. The number of aliphatic hydroxyl groups is 1. The first-order valence-electron chi connectivity index (χ1n) is 28.0. The number of carboxylic acids is 1. The lowest BCUT2D eigenvalue weighted by Crippen LogP contribution is -2.56. The number of ether oxygens (including phenoxy) is 2. The number of aliphatic hydroxyl groups excluding tert-OH is 1. The fourth-order valence-electron chi connectivity index (χ4n) is 13.0. The van der Waals surface area contributed by atoms with Crippen molar-refractivity contribution in [3.05, 3.63) is 59.7 Å². The Balaban J connectivity index is 1.10. The van der Waals surface area contributed by atoms with Gasteiger partial charge in [-0.15, -0.1) is 10.9 Å². The Labute approximate surface area is 467 Å². The monoisotopic (exact) mass is 1120 g/mol. The van der Waals surface area contributed by atoms with E-state index in [4.69, 9.17) is 20.3 Å². The number of hydrogen-bond acceptors (Lipinski definition) is 14. The van der Waals surface area contributed by atoms with Crippen molar-refractivity contribution in [1.29, 1.82) is 0 Å². The molecule has 1 heterocycles. The van der Waals surface area contributed by atoms with Crippen molar-refractivity contribution in [3.8, 4) is 0 Å². The van der Waals surface area contributed by atoms with Gasteiger partial charge in [-0.1, -0.05) is 83.5 Å². The van der Waals surface area contributed by atoms with Crippen molar-refractivity contribution in [2.24, 2.45) is 52.1 Å². The molecule has 0 saturated heterocycles. The van der Waals surface area contributed by atoms with Crippen LogP contribution in [0.3, 0.4) is 0 Å². The van der Waals surface area contributed by atoms with E-state index in [2.05, 4.69) is 52.7 Å². The van der Waals surface area contributed by atoms with Gasteiger partial charge in [0.1, 0.15) is 18.7 Å². The molecule has 9 N–H and O–H groups in total. The predicted molar refractivity (Wildman–Crippen MR) is 299 cm³/mol. The van der Waals surface area contributed by atoms with Gasteiger partial charge in [0.05, 0.1) is 30.2 Å². The number of amides is 5. The van der Waals surface area contributed by atoms with Crippen LogP contribution in [0.1, 0.15) is 118 Å². The van der Waals surface area contributed by atoms with Gasteiger partial charge in [0, 0.05) is 55.6 Å². The zero-order chi connectivity index (χ0) is 57.6. The summed E-state index contributed by atoms with van der Waals surface area (Å²) in [7, 11) is 1.53. The van der Waals surface area contributed by atoms with Gasteiger partial charge in [-0.3, -0.25) is 43.7 Å². The van der Waals surface area contributed by atoms with Gasteiger partial charge in [-0.25, -0.2) is 4.79 Å². The van der Waals surface area contributed by atoms with Crippen molar-refractivity contribution in [2.75, 3.05) is 39.4 Å². The van der Waals surface area contributed by atoms with Crippen LogP contribution in [-0.4, -0.2) is 148 Å². The van der Waals surface area contributed by atoms with Gasteiger partial charge < -0.3 is 51.6 Å². The van der Waals surface area contributed by atoms with Gasteiger partial charge in [-0.05, 0) is 110 Å². The molecule has 1 aliphatic heterocycles. The lowest BCUT2D eigenvalue weighted by atomic mass is 9.46. The number of Topliss-reactive ketones (excluding diaryl/α,β-unsaturated/α-hetero) is 1. The molecule has 4 aliphatic carbocycles. The van der Waals surface area contributed by atoms with Gasteiger partial charge in [0.2, 0.25) is 23.6 Å². The Morgan fingerprint density at radius 3 is 2.41 bits per heavy atom. The van der Waals surface area contributed by atoms with E-state index in [0.717, 1.165) is 40.3 Å². The molecular weight excluding hydrogens is 1030 g/mol. The third-order valence-corrected chi connectivity index (χ3v) is 17.7. The number of nitrogens with one attached hydrogen (secondary N) is 5. The fraction of sp³-hybridized carbons (Fsp3) is 0.638. The first kappa shape index (κ1) is 62.2. The Hall–Kier alpha value is -6.03. The van der Waals surface area contributed by atoms with Crippen molar-refractivity contribution < 1.29 is 62.8 Å². The molecular formula is C58H83N7O13S. The molecule has 0 spiro atoms.